The predicted octanol–water partition coefficient (Wildman–Crippen LogP) is 2.81. The molecule has 0 aromatic rings. The van der Waals surface area contributed by atoms with Crippen molar-refractivity contribution < 1.29 is 44.3 Å². The zero-order valence-electron chi connectivity index (χ0n) is 6.39. The quantitative estimate of drug-likeness (QED) is 0.599. The summed E-state index contributed by atoms with van der Waals surface area (Å²) < 4.78 is 110. The molecule has 1 nitrogen and oxygen atoms in total. The molecular formula is C5HF9O. The fraction of sp³-hybridized carbons (Fsp3) is 1.00. The number of hydrogen-bond donors (Lipinski definition) is 0. The van der Waals surface area contributed by atoms with Crippen LogP contribution in [-0.4, -0.2) is 30.2 Å². The largest absolute Gasteiger partial charge is 0.451 e. The number of alkyl halides is 9. The fourth-order valence-corrected chi connectivity index (χ4v) is 0.889. The van der Waals surface area contributed by atoms with Crippen LogP contribution < -0.4 is 0 Å². The van der Waals surface area contributed by atoms with Gasteiger partial charge in [0.1, 0.15) is 0 Å². The maximum absolute atomic E-state index is 12.5. The molecule has 0 aromatic carbocycles. The number of halogens is 9. The van der Waals surface area contributed by atoms with Crippen LogP contribution in [0.1, 0.15) is 0 Å². The minimum Gasteiger partial charge on any atom is -0.267 e. The molecule has 0 spiro atoms. The molecule has 0 saturated carbocycles. The van der Waals surface area contributed by atoms with Gasteiger partial charge in [-0.05, 0) is 0 Å². The standard InChI is InChI=1S/C5HF9O/c6-1-2(7,8)5(13,14)15-3(1,9)4(10,11)12/h1H/t1-,3+/m0/s1. The van der Waals surface area contributed by atoms with E-state index in [1.807, 2.05) is 0 Å². The average molecular weight is 248 g/mol. The van der Waals surface area contributed by atoms with Gasteiger partial charge in [0, 0.05) is 0 Å². The lowest BCUT2D eigenvalue weighted by Crippen LogP contribution is -2.50. The Balaban J connectivity index is 3.21. The van der Waals surface area contributed by atoms with Crippen LogP contribution >= 0.6 is 0 Å². The van der Waals surface area contributed by atoms with Gasteiger partial charge in [-0.2, -0.15) is 35.1 Å². The van der Waals surface area contributed by atoms with Crippen molar-refractivity contribution in [2.45, 2.75) is 30.2 Å². The van der Waals surface area contributed by atoms with Crippen LogP contribution in [-0.2, 0) is 4.74 Å². The first kappa shape index (κ1) is 12.4. The minimum atomic E-state index is -6.32. The fourth-order valence-electron chi connectivity index (χ4n) is 0.889. The van der Waals surface area contributed by atoms with E-state index in [0.29, 0.717) is 0 Å². The van der Waals surface area contributed by atoms with Gasteiger partial charge >= 0.3 is 24.1 Å². The molecule has 1 aliphatic rings. The molecular weight excluding hydrogens is 247 g/mol. The van der Waals surface area contributed by atoms with Crippen LogP contribution in [0.25, 0.3) is 0 Å². The second-order valence-corrected chi connectivity index (χ2v) is 2.75. The van der Waals surface area contributed by atoms with Gasteiger partial charge in [0.25, 0.3) is 0 Å². The van der Waals surface area contributed by atoms with Crippen molar-refractivity contribution in [2.24, 2.45) is 0 Å². The minimum absolute atomic E-state index is 2.18. The molecule has 0 aromatic heterocycles. The molecule has 0 bridgehead atoms. The highest BCUT2D eigenvalue weighted by Gasteiger charge is 2.86. The summed E-state index contributed by atoms with van der Waals surface area (Å²) in [5.74, 6) is -11.6. The van der Waals surface area contributed by atoms with Gasteiger partial charge in [-0.1, -0.05) is 0 Å². The van der Waals surface area contributed by atoms with Crippen LogP contribution in [0, 0.1) is 0 Å². The zero-order valence-corrected chi connectivity index (χ0v) is 6.39. The van der Waals surface area contributed by atoms with E-state index in [-0.39, 0.29) is 0 Å². The maximum Gasteiger partial charge on any atom is 0.451 e. The number of hydrogen-bond acceptors (Lipinski definition) is 1. The van der Waals surface area contributed by atoms with Crippen LogP contribution in [0.5, 0.6) is 0 Å². The number of rotatable bonds is 0. The highest BCUT2D eigenvalue weighted by Crippen LogP contribution is 2.58. The topological polar surface area (TPSA) is 9.23 Å². The van der Waals surface area contributed by atoms with Crippen molar-refractivity contribution in [3.05, 3.63) is 0 Å². The Morgan fingerprint density at radius 2 is 1.33 bits per heavy atom. The van der Waals surface area contributed by atoms with Crippen molar-refractivity contribution in [1.82, 2.24) is 0 Å². The zero-order chi connectivity index (χ0) is 12.3. The van der Waals surface area contributed by atoms with Crippen LogP contribution in [0.15, 0.2) is 0 Å². The van der Waals surface area contributed by atoms with E-state index < -0.39 is 30.2 Å². The van der Waals surface area contributed by atoms with Crippen molar-refractivity contribution >= 4 is 0 Å². The van der Waals surface area contributed by atoms with E-state index in [1.165, 1.54) is 0 Å². The van der Waals surface area contributed by atoms with Crippen molar-refractivity contribution in [2.75, 3.05) is 0 Å². The Kier molecular flexibility index (Phi) is 2.24. The molecule has 0 amide bonds. The summed E-state index contributed by atoms with van der Waals surface area (Å²) in [5.41, 5.74) is 0. The van der Waals surface area contributed by atoms with Gasteiger partial charge in [-0.3, -0.25) is 4.74 Å². The van der Waals surface area contributed by atoms with E-state index in [0.717, 1.165) is 0 Å². The Morgan fingerprint density at radius 1 is 0.933 bits per heavy atom. The van der Waals surface area contributed by atoms with Crippen LogP contribution in [0.3, 0.4) is 0 Å². The first-order chi connectivity index (χ1) is 6.36. The van der Waals surface area contributed by atoms with Crippen molar-refractivity contribution in [3.63, 3.8) is 0 Å². The first-order valence-electron chi connectivity index (χ1n) is 3.22. The Hall–Kier alpha value is -0.670. The second kappa shape index (κ2) is 2.71. The smallest absolute Gasteiger partial charge is 0.267 e. The maximum atomic E-state index is 12.5. The highest BCUT2D eigenvalue weighted by molar-refractivity contribution is 5.05. The summed E-state index contributed by atoms with van der Waals surface area (Å²) in [4.78, 5) is 0. The molecule has 10 heteroatoms. The first-order valence-corrected chi connectivity index (χ1v) is 3.22. The lowest BCUT2D eigenvalue weighted by Gasteiger charge is -2.23. The predicted molar refractivity (Wildman–Crippen MR) is 25.8 cm³/mol. The molecule has 1 heterocycles. The molecule has 2 atom stereocenters. The second-order valence-electron chi connectivity index (χ2n) is 2.75. The molecule has 1 rings (SSSR count). The summed E-state index contributed by atoms with van der Waals surface area (Å²) >= 11 is 0. The Morgan fingerprint density at radius 3 is 1.47 bits per heavy atom. The molecule has 0 aliphatic carbocycles. The molecule has 15 heavy (non-hydrogen) atoms. The summed E-state index contributed by atoms with van der Waals surface area (Å²) in [5, 5.41) is 0. The Bertz CT molecular complexity index is 270. The lowest BCUT2D eigenvalue weighted by atomic mass is 10.1. The lowest BCUT2D eigenvalue weighted by molar-refractivity contribution is -0.393. The average Bonchev–Trinajstić information content (AvgIpc) is 2.09. The third-order valence-electron chi connectivity index (χ3n) is 1.70. The SMILES string of the molecule is F[C@H]1C(F)(F)C(F)(F)O[C@@]1(F)C(F)(F)F. The van der Waals surface area contributed by atoms with Gasteiger partial charge in [0.2, 0.25) is 6.17 Å². The highest BCUT2D eigenvalue weighted by atomic mass is 19.4. The van der Waals surface area contributed by atoms with E-state index in [9.17, 15) is 39.5 Å². The molecule has 0 N–H and O–H groups in total. The third-order valence-corrected chi connectivity index (χ3v) is 1.70. The summed E-state index contributed by atoms with van der Waals surface area (Å²) in [6, 6.07) is 0. The third kappa shape index (κ3) is 1.37. The monoisotopic (exact) mass is 248 g/mol. The van der Waals surface area contributed by atoms with E-state index in [1.54, 1.807) is 0 Å². The normalized spacial score (nSPS) is 39.4. The van der Waals surface area contributed by atoms with Crippen LogP contribution in [0.4, 0.5) is 39.5 Å². The van der Waals surface area contributed by atoms with Gasteiger partial charge < -0.3 is 0 Å². The molecule has 0 radical (unpaired) electrons. The van der Waals surface area contributed by atoms with E-state index in [4.69, 9.17) is 0 Å². The van der Waals surface area contributed by atoms with E-state index in [2.05, 4.69) is 4.74 Å². The molecule has 0 unspecified atom stereocenters. The molecule has 90 valence electrons. The van der Waals surface area contributed by atoms with Crippen LogP contribution in [0.2, 0.25) is 0 Å². The molecule has 1 fully saturated rings. The summed E-state index contributed by atoms with van der Waals surface area (Å²) in [7, 11) is 0. The summed E-state index contributed by atoms with van der Waals surface area (Å²) in [6.45, 7) is 0. The summed E-state index contributed by atoms with van der Waals surface area (Å²) in [6.07, 6.45) is -17.0. The Labute approximate surface area is 75.8 Å². The van der Waals surface area contributed by atoms with Gasteiger partial charge in [0.05, 0.1) is 0 Å². The van der Waals surface area contributed by atoms with E-state index >= 15 is 0 Å². The van der Waals surface area contributed by atoms with Gasteiger partial charge in [-0.15, -0.1) is 0 Å². The van der Waals surface area contributed by atoms with Gasteiger partial charge in [-0.25, -0.2) is 4.39 Å². The van der Waals surface area contributed by atoms with Gasteiger partial charge in [0.15, 0.2) is 0 Å². The van der Waals surface area contributed by atoms with Crippen molar-refractivity contribution in [3.8, 4) is 0 Å². The van der Waals surface area contributed by atoms with Crippen molar-refractivity contribution in [1.29, 1.82) is 0 Å². The number of ether oxygens (including phenoxy) is 1. The molecule has 1 saturated heterocycles. The molecule has 1 aliphatic heterocycles.